The van der Waals surface area contributed by atoms with E-state index in [1.54, 1.807) is 16.8 Å². The Balaban J connectivity index is 1.51. The van der Waals surface area contributed by atoms with Gasteiger partial charge in [0.2, 0.25) is 0 Å². The van der Waals surface area contributed by atoms with Gasteiger partial charge in [-0.05, 0) is 83.0 Å². The Morgan fingerprint density at radius 2 is 1.71 bits per heavy atom. The van der Waals surface area contributed by atoms with E-state index in [2.05, 4.69) is 55.2 Å². The van der Waals surface area contributed by atoms with Crippen LogP contribution in [0.2, 0.25) is 51.4 Å². The van der Waals surface area contributed by atoms with Gasteiger partial charge in [-0.1, -0.05) is 52.3 Å². The van der Waals surface area contributed by atoms with E-state index in [9.17, 15) is 0 Å². The van der Waals surface area contributed by atoms with Gasteiger partial charge in [0, 0.05) is 53.1 Å². The molecule has 1 atom stereocenters. The number of aromatic nitrogens is 4. The molecule has 1 aliphatic heterocycles. The van der Waals surface area contributed by atoms with Crippen LogP contribution >= 0.6 is 15.9 Å². The number of halogens is 3. The van der Waals surface area contributed by atoms with Gasteiger partial charge in [0.15, 0.2) is 36.2 Å². The van der Waals surface area contributed by atoms with E-state index < -0.39 is 34.0 Å². The standard InChI is InChI=1S/C35H49BrF2N4O4Si2/c1-8-24-19-29(46-23-44-16-18-48(5,6)7)28(37)20-27(24)25-12-13-26-33(40-42(34(26)32(25)38)31-11-9-10-14-45-31)35-39-30(36)21-41(35)22-43-15-17-47(2,3)4/h12-13,19-21,31H,8-11,14-18,22-23H2,1-7H3. The molecular formula is C35H49BrF2N4O4Si2. The van der Waals surface area contributed by atoms with Crippen molar-refractivity contribution in [2.75, 3.05) is 26.6 Å². The summed E-state index contributed by atoms with van der Waals surface area (Å²) in [4.78, 5) is 4.72. The second-order valence-electron chi connectivity index (χ2n) is 14.9. The van der Waals surface area contributed by atoms with E-state index in [4.69, 9.17) is 29.0 Å². The van der Waals surface area contributed by atoms with Crippen LogP contribution in [0.5, 0.6) is 5.75 Å². The number of nitrogens with zero attached hydrogens (tertiary/aromatic N) is 4. The van der Waals surface area contributed by atoms with Gasteiger partial charge < -0.3 is 23.5 Å². The van der Waals surface area contributed by atoms with Crippen LogP contribution in [0, 0.1) is 11.6 Å². The minimum Gasteiger partial charge on any atom is -0.464 e. The van der Waals surface area contributed by atoms with E-state index in [-0.39, 0.29) is 12.5 Å². The Hall–Kier alpha value is -2.43. The summed E-state index contributed by atoms with van der Waals surface area (Å²) in [6.45, 7) is 17.8. The Morgan fingerprint density at radius 3 is 2.38 bits per heavy atom. The molecule has 4 aromatic rings. The molecule has 2 aromatic heterocycles. The average molecular weight is 764 g/mol. The first-order valence-electron chi connectivity index (χ1n) is 16.9. The van der Waals surface area contributed by atoms with Gasteiger partial charge in [0.25, 0.3) is 0 Å². The van der Waals surface area contributed by atoms with Crippen molar-refractivity contribution in [1.82, 2.24) is 19.3 Å². The fourth-order valence-corrected chi connectivity index (χ4v) is 7.62. The molecule has 0 bridgehead atoms. The molecule has 48 heavy (non-hydrogen) atoms. The molecule has 5 rings (SSSR count). The maximum absolute atomic E-state index is 17.0. The van der Waals surface area contributed by atoms with Crippen LogP contribution in [0.15, 0.2) is 35.1 Å². The van der Waals surface area contributed by atoms with Crippen molar-refractivity contribution in [2.45, 2.75) is 96.9 Å². The predicted molar refractivity (Wildman–Crippen MR) is 196 cm³/mol. The first-order valence-corrected chi connectivity index (χ1v) is 25.1. The predicted octanol–water partition coefficient (Wildman–Crippen LogP) is 9.87. The zero-order chi connectivity index (χ0) is 34.6. The molecule has 262 valence electrons. The van der Waals surface area contributed by atoms with Crippen LogP contribution in [0.25, 0.3) is 33.5 Å². The summed E-state index contributed by atoms with van der Waals surface area (Å²) >= 11 is 3.52. The second kappa shape index (κ2) is 15.6. The third-order valence-corrected chi connectivity index (χ3v) is 12.3. The smallest absolute Gasteiger partial charge is 0.189 e. The van der Waals surface area contributed by atoms with Crippen molar-refractivity contribution in [2.24, 2.45) is 0 Å². The summed E-state index contributed by atoms with van der Waals surface area (Å²) in [5.41, 5.74) is 2.36. The quantitative estimate of drug-likeness (QED) is 0.0682. The lowest BCUT2D eigenvalue weighted by molar-refractivity contribution is -0.0368. The molecule has 1 saturated heterocycles. The summed E-state index contributed by atoms with van der Waals surface area (Å²) in [6, 6.07) is 8.61. The van der Waals surface area contributed by atoms with Gasteiger partial charge in [-0.25, -0.2) is 18.4 Å². The lowest BCUT2D eigenvalue weighted by Gasteiger charge is -2.24. The Labute approximate surface area is 293 Å². The molecule has 0 aliphatic carbocycles. The van der Waals surface area contributed by atoms with Crippen molar-refractivity contribution >= 4 is 43.0 Å². The molecule has 0 radical (unpaired) electrons. The molecule has 1 aliphatic rings. The maximum atomic E-state index is 17.0. The zero-order valence-electron chi connectivity index (χ0n) is 29.3. The summed E-state index contributed by atoms with van der Waals surface area (Å²) in [7, 11) is -2.50. The molecule has 8 nitrogen and oxygen atoms in total. The molecule has 0 saturated carbocycles. The number of benzene rings is 2. The number of rotatable bonds is 15. The minimum atomic E-state index is -1.25. The monoisotopic (exact) mass is 762 g/mol. The normalized spacial score (nSPS) is 15.8. The summed E-state index contributed by atoms with van der Waals surface area (Å²) in [5, 5.41) is 5.55. The molecule has 1 fully saturated rings. The van der Waals surface area contributed by atoms with Gasteiger partial charge >= 0.3 is 0 Å². The largest absolute Gasteiger partial charge is 0.464 e. The third kappa shape index (κ3) is 9.02. The molecule has 0 amide bonds. The Bertz CT molecular complexity index is 1710. The lowest BCUT2D eigenvalue weighted by Crippen LogP contribution is -2.22. The molecular weight excluding hydrogens is 714 g/mol. The minimum absolute atomic E-state index is 0.0389. The topological polar surface area (TPSA) is 72.6 Å². The van der Waals surface area contributed by atoms with Crippen LogP contribution in [0.1, 0.15) is 38.0 Å². The van der Waals surface area contributed by atoms with E-state index in [0.717, 1.165) is 30.5 Å². The first kappa shape index (κ1) is 36.8. The highest BCUT2D eigenvalue weighted by molar-refractivity contribution is 9.10. The third-order valence-electron chi connectivity index (χ3n) is 8.55. The van der Waals surface area contributed by atoms with Crippen LogP contribution in [0.3, 0.4) is 0 Å². The van der Waals surface area contributed by atoms with Crippen LogP contribution in [0.4, 0.5) is 8.78 Å². The summed E-state index contributed by atoms with van der Waals surface area (Å²) in [6.07, 6.45) is 4.58. The SMILES string of the molecule is CCc1cc(OCOCC[Si](C)(C)C)c(F)cc1-c1ccc2c(-c3nc(Br)cn3COCC[Si](C)(C)C)nn(C3CCCCO3)c2c1F. The van der Waals surface area contributed by atoms with Crippen molar-refractivity contribution in [3.8, 4) is 28.4 Å². The number of hydrogen-bond acceptors (Lipinski definition) is 6. The van der Waals surface area contributed by atoms with Crippen molar-refractivity contribution in [3.63, 3.8) is 0 Å². The van der Waals surface area contributed by atoms with E-state index in [0.29, 0.717) is 77.5 Å². The molecule has 2 aromatic carbocycles. The fraction of sp³-hybridized carbons (Fsp3) is 0.543. The fourth-order valence-electron chi connectivity index (χ4n) is 5.69. The molecule has 1 unspecified atom stereocenters. The number of imidazole rings is 1. The second-order valence-corrected chi connectivity index (χ2v) is 27.0. The molecule has 13 heteroatoms. The highest BCUT2D eigenvalue weighted by atomic mass is 79.9. The number of aryl methyl sites for hydroxylation is 1. The average Bonchev–Trinajstić information content (AvgIpc) is 3.59. The van der Waals surface area contributed by atoms with Gasteiger partial charge in [-0.15, -0.1) is 0 Å². The van der Waals surface area contributed by atoms with Crippen LogP contribution in [-0.2, 0) is 27.4 Å². The maximum Gasteiger partial charge on any atom is 0.189 e. The van der Waals surface area contributed by atoms with Gasteiger partial charge in [0.05, 0.1) is 0 Å². The van der Waals surface area contributed by atoms with Crippen molar-refractivity contribution in [3.05, 3.63) is 52.3 Å². The van der Waals surface area contributed by atoms with Crippen LogP contribution in [-0.4, -0.2) is 62.1 Å². The number of ether oxygens (including phenoxy) is 4. The molecule has 0 spiro atoms. The summed E-state index contributed by atoms with van der Waals surface area (Å²) < 4.78 is 60.1. The van der Waals surface area contributed by atoms with Gasteiger partial charge in [0.1, 0.15) is 22.5 Å². The van der Waals surface area contributed by atoms with Crippen molar-refractivity contribution in [1.29, 1.82) is 0 Å². The molecule has 0 N–H and O–H groups in total. The molecule has 3 heterocycles. The van der Waals surface area contributed by atoms with E-state index in [1.807, 2.05) is 23.8 Å². The Kier molecular flexibility index (Phi) is 12.0. The Morgan fingerprint density at radius 1 is 0.979 bits per heavy atom. The lowest BCUT2D eigenvalue weighted by atomic mass is 9.95. The highest BCUT2D eigenvalue weighted by Gasteiger charge is 2.28. The first-order chi connectivity index (χ1) is 22.8. The highest BCUT2D eigenvalue weighted by Crippen LogP contribution is 2.40. The van der Waals surface area contributed by atoms with Crippen LogP contribution < -0.4 is 4.74 Å². The van der Waals surface area contributed by atoms with E-state index in [1.165, 1.54) is 6.07 Å². The van der Waals surface area contributed by atoms with Gasteiger partial charge in [-0.2, -0.15) is 5.10 Å². The van der Waals surface area contributed by atoms with E-state index >= 15 is 8.78 Å². The van der Waals surface area contributed by atoms with Gasteiger partial charge in [-0.3, -0.25) is 0 Å². The number of fused-ring (bicyclic) bond motifs is 1. The number of hydrogen-bond donors (Lipinski definition) is 0. The van der Waals surface area contributed by atoms with Crippen molar-refractivity contribution < 1.29 is 27.7 Å². The summed E-state index contributed by atoms with van der Waals surface area (Å²) in [5.74, 6) is -0.393. The zero-order valence-corrected chi connectivity index (χ0v) is 32.9.